The van der Waals surface area contributed by atoms with Crippen LogP contribution in [0.25, 0.3) is 0 Å². The highest BCUT2D eigenvalue weighted by molar-refractivity contribution is 5.59. The fourth-order valence-corrected chi connectivity index (χ4v) is 6.56. The van der Waals surface area contributed by atoms with Gasteiger partial charge in [-0.1, -0.05) is 18.2 Å². The molecule has 0 unspecified atom stereocenters. The Hall–Kier alpha value is -1.95. The molecule has 5 heteroatoms. The number of likely N-dealkylation sites (N-methyl/N-ethyl adjacent to an activating group) is 1. The lowest BCUT2D eigenvalue weighted by atomic mass is 9.89. The van der Waals surface area contributed by atoms with Crippen LogP contribution in [-0.4, -0.2) is 55.7 Å². The van der Waals surface area contributed by atoms with Gasteiger partial charge in [0.2, 0.25) is 0 Å². The minimum absolute atomic E-state index is 0.453. The minimum Gasteiger partial charge on any atom is -0.371 e. The van der Waals surface area contributed by atoms with Crippen LogP contribution in [0.3, 0.4) is 0 Å². The highest BCUT2D eigenvalue weighted by Crippen LogP contribution is 2.36. The molecule has 4 heterocycles. The Morgan fingerprint density at radius 2 is 1.94 bits per heavy atom. The van der Waals surface area contributed by atoms with Crippen molar-refractivity contribution < 1.29 is 0 Å². The molecule has 1 aliphatic carbocycles. The van der Waals surface area contributed by atoms with E-state index in [0.29, 0.717) is 12.1 Å². The number of benzene rings is 1. The first kappa shape index (κ1) is 19.7. The molecular weight excluding hydrogens is 382 g/mol. The van der Waals surface area contributed by atoms with E-state index in [1.165, 1.54) is 67.9 Å². The predicted molar refractivity (Wildman–Crippen MR) is 125 cm³/mol. The third-order valence-corrected chi connectivity index (χ3v) is 8.22. The normalized spacial score (nSPS) is 29.7. The van der Waals surface area contributed by atoms with Gasteiger partial charge in [-0.3, -0.25) is 9.88 Å². The van der Waals surface area contributed by atoms with Gasteiger partial charge in [-0.2, -0.15) is 0 Å². The van der Waals surface area contributed by atoms with Crippen LogP contribution < -0.4 is 15.5 Å². The summed E-state index contributed by atoms with van der Waals surface area (Å²) in [7, 11) is 2.30. The van der Waals surface area contributed by atoms with Crippen molar-refractivity contribution in [1.82, 2.24) is 20.5 Å². The third-order valence-electron chi connectivity index (χ3n) is 8.22. The van der Waals surface area contributed by atoms with Gasteiger partial charge < -0.3 is 15.5 Å². The van der Waals surface area contributed by atoms with Crippen LogP contribution in [0.5, 0.6) is 0 Å². The van der Waals surface area contributed by atoms with Crippen molar-refractivity contribution >= 4 is 5.69 Å². The second-order valence-corrected chi connectivity index (χ2v) is 10.2. The van der Waals surface area contributed by atoms with Gasteiger partial charge in [0.1, 0.15) is 0 Å². The monoisotopic (exact) mass is 417 g/mol. The molecule has 6 rings (SSSR count). The average molecular weight is 418 g/mol. The predicted octanol–water partition coefficient (Wildman–Crippen LogP) is 2.76. The maximum absolute atomic E-state index is 4.77. The van der Waals surface area contributed by atoms with Gasteiger partial charge in [-0.15, -0.1) is 0 Å². The average Bonchev–Trinajstić information content (AvgIpc) is 3.41. The van der Waals surface area contributed by atoms with Crippen molar-refractivity contribution in [3.05, 3.63) is 58.9 Å². The van der Waals surface area contributed by atoms with Gasteiger partial charge in [-0.05, 0) is 73.4 Å². The van der Waals surface area contributed by atoms with Gasteiger partial charge in [0, 0.05) is 57.2 Å². The Bertz CT molecular complexity index is 931. The summed E-state index contributed by atoms with van der Waals surface area (Å²) in [5.74, 6) is 1.66. The van der Waals surface area contributed by atoms with E-state index in [0.717, 1.165) is 31.3 Å². The molecule has 31 heavy (non-hydrogen) atoms. The van der Waals surface area contributed by atoms with E-state index in [2.05, 4.69) is 57.8 Å². The van der Waals surface area contributed by atoms with E-state index >= 15 is 0 Å². The SMILES string of the molecule is CN(C[C@@H]1Cc2c(cccc2N2C[C@@H]3CNC[C@H]3C2)CN1)[C@H]1CCCc2cccnc21. The van der Waals surface area contributed by atoms with Gasteiger partial charge >= 0.3 is 0 Å². The zero-order valence-electron chi connectivity index (χ0n) is 18.7. The molecule has 1 aromatic carbocycles. The van der Waals surface area contributed by atoms with Crippen LogP contribution in [0.15, 0.2) is 36.5 Å². The molecule has 0 amide bonds. The van der Waals surface area contributed by atoms with E-state index in [1.807, 2.05) is 6.20 Å². The van der Waals surface area contributed by atoms with Gasteiger partial charge in [-0.25, -0.2) is 0 Å². The van der Waals surface area contributed by atoms with Crippen molar-refractivity contribution in [2.24, 2.45) is 11.8 Å². The fraction of sp³-hybridized carbons (Fsp3) is 0.577. The maximum Gasteiger partial charge on any atom is 0.0607 e. The lowest BCUT2D eigenvalue weighted by Crippen LogP contribution is -2.45. The second kappa shape index (κ2) is 8.19. The second-order valence-electron chi connectivity index (χ2n) is 10.2. The van der Waals surface area contributed by atoms with Crippen LogP contribution in [0, 0.1) is 11.8 Å². The summed E-state index contributed by atoms with van der Waals surface area (Å²) >= 11 is 0. The van der Waals surface area contributed by atoms with Gasteiger partial charge in [0.05, 0.1) is 11.7 Å². The molecular formula is C26H35N5. The minimum atomic E-state index is 0.453. The summed E-state index contributed by atoms with van der Waals surface area (Å²) in [6.45, 7) is 6.89. The number of pyridine rings is 1. The van der Waals surface area contributed by atoms with E-state index in [4.69, 9.17) is 4.98 Å². The molecule has 0 radical (unpaired) electrons. The van der Waals surface area contributed by atoms with Crippen molar-refractivity contribution in [3.8, 4) is 0 Å². The van der Waals surface area contributed by atoms with Gasteiger partial charge in [0.25, 0.3) is 0 Å². The number of rotatable bonds is 4. The van der Waals surface area contributed by atoms with Crippen LogP contribution >= 0.6 is 0 Å². The first-order valence-corrected chi connectivity index (χ1v) is 12.2. The summed E-state index contributed by atoms with van der Waals surface area (Å²) in [4.78, 5) is 10.0. The van der Waals surface area contributed by atoms with Crippen LogP contribution in [0.2, 0.25) is 0 Å². The Morgan fingerprint density at radius 3 is 2.81 bits per heavy atom. The topological polar surface area (TPSA) is 43.4 Å². The highest BCUT2D eigenvalue weighted by atomic mass is 15.2. The highest BCUT2D eigenvalue weighted by Gasteiger charge is 2.37. The Kier molecular flexibility index (Phi) is 5.21. The lowest BCUT2D eigenvalue weighted by molar-refractivity contribution is 0.191. The number of nitrogens with one attached hydrogen (secondary N) is 2. The third kappa shape index (κ3) is 3.67. The maximum atomic E-state index is 4.77. The summed E-state index contributed by atoms with van der Waals surface area (Å²) in [5.41, 5.74) is 7.35. The van der Waals surface area contributed by atoms with Crippen molar-refractivity contribution in [3.63, 3.8) is 0 Å². The molecule has 2 N–H and O–H groups in total. The van der Waals surface area contributed by atoms with Crippen LogP contribution in [0.1, 0.15) is 41.3 Å². The zero-order chi connectivity index (χ0) is 20.8. The molecule has 0 spiro atoms. The largest absolute Gasteiger partial charge is 0.371 e. The number of fused-ring (bicyclic) bond motifs is 3. The van der Waals surface area contributed by atoms with Crippen LogP contribution in [-0.2, 0) is 19.4 Å². The number of aromatic nitrogens is 1. The summed E-state index contributed by atoms with van der Waals surface area (Å²) in [5, 5.41) is 7.41. The quantitative estimate of drug-likeness (QED) is 0.801. The fourth-order valence-electron chi connectivity index (χ4n) is 6.56. The number of hydrogen-bond donors (Lipinski definition) is 2. The summed E-state index contributed by atoms with van der Waals surface area (Å²) in [6, 6.07) is 12.3. The smallest absolute Gasteiger partial charge is 0.0607 e. The first-order valence-electron chi connectivity index (χ1n) is 12.2. The molecule has 1 aromatic heterocycles. The zero-order valence-corrected chi connectivity index (χ0v) is 18.7. The Labute approximate surface area is 186 Å². The molecule has 3 aliphatic heterocycles. The molecule has 5 nitrogen and oxygen atoms in total. The molecule has 2 saturated heterocycles. The van der Waals surface area contributed by atoms with E-state index in [9.17, 15) is 0 Å². The number of nitrogens with zero attached hydrogens (tertiary/aromatic N) is 3. The molecule has 2 fully saturated rings. The van der Waals surface area contributed by atoms with Crippen molar-refractivity contribution in [1.29, 1.82) is 0 Å². The summed E-state index contributed by atoms with van der Waals surface area (Å²) < 4.78 is 0. The Morgan fingerprint density at radius 1 is 1.10 bits per heavy atom. The molecule has 2 aromatic rings. The van der Waals surface area contributed by atoms with Gasteiger partial charge in [0.15, 0.2) is 0 Å². The van der Waals surface area contributed by atoms with E-state index in [1.54, 1.807) is 5.56 Å². The lowest BCUT2D eigenvalue weighted by Gasteiger charge is -2.37. The van der Waals surface area contributed by atoms with E-state index < -0.39 is 0 Å². The van der Waals surface area contributed by atoms with Crippen molar-refractivity contribution in [2.45, 2.75) is 44.3 Å². The number of aryl methyl sites for hydroxylation is 1. The van der Waals surface area contributed by atoms with Crippen molar-refractivity contribution in [2.75, 3.05) is 44.7 Å². The molecule has 4 atom stereocenters. The number of hydrogen-bond acceptors (Lipinski definition) is 5. The van der Waals surface area contributed by atoms with E-state index in [-0.39, 0.29) is 0 Å². The first-order chi connectivity index (χ1) is 15.3. The number of anilines is 1. The molecule has 0 bridgehead atoms. The standard InChI is InChI=1S/C26H35N5/c1-30(25-9-2-5-18-7-4-10-28-26(18)25)17-22-11-23-19(14-29-22)6-3-8-24(23)31-15-20-12-27-13-21(20)16-31/h3-4,6-8,10,20-22,25,27,29H,2,5,9,11-17H2,1H3/t20-,21-,22-,25-/m0/s1. The molecule has 164 valence electrons. The Balaban J connectivity index is 1.18. The van der Waals surface area contributed by atoms with Crippen LogP contribution in [0.4, 0.5) is 5.69 Å². The molecule has 4 aliphatic rings. The summed E-state index contributed by atoms with van der Waals surface area (Å²) in [6.07, 6.45) is 6.76. The molecule has 0 saturated carbocycles.